The number of carbonyl (C=O) groups is 1. The van der Waals surface area contributed by atoms with E-state index in [0.717, 1.165) is 11.3 Å². The zero-order chi connectivity index (χ0) is 20.1. The summed E-state index contributed by atoms with van der Waals surface area (Å²) in [6.45, 7) is 0.703. The molecule has 29 heavy (non-hydrogen) atoms. The van der Waals surface area contributed by atoms with Crippen LogP contribution in [-0.2, 0) is 13.1 Å². The van der Waals surface area contributed by atoms with Crippen molar-refractivity contribution in [2.45, 2.75) is 13.1 Å². The molecular weight excluding hydrogens is 364 g/mol. The maximum absolute atomic E-state index is 13.2. The van der Waals surface area contributed by atoms with Crippen LogP contribution in [0.5, 0.6) is 0 Å². The van der Waals surface area contributed by atoms with Crippen molar-refractivity contribution in [1.82, 2.24) is 4.57 Å². The van der Waals surface area contributed by atoms with Gasteiger partial charge in [0.25, 0.3) is 11.5 Å². The van der Waals surface area contributed by atoms with Crippen LogP contribution in [0.4, 0.5) is 5.69 Å². The van der Waals surface area contributed by atoms with Gasteiger partial charge < -0.3 is 13.9 Å². The molecule has 2 heterocycles. The van der Waals surface area contributed by atoms with Crippen LogP contribution >= 0.6 is 0 Å². The highest BCUT2D eigenvalue weighted by atomic mass is 16.4. The smallest absolute Gasteiger partial charge is 0.294 e. The molecule has 4 aromatic rings. The number of carbonyl (C=O) groups excluding carboxylic acids is 1. The fourth-order valence-corrected chi connectivity index (χ4v) is 3.12. The van der Waals surface area contributed by atoms with Gasteiger partial charge in [0.1, 0.15) is 5.76 Å². The number of rotatable bonds is 6. The molecule has 0 atom stereocenters. The van der Waals surface area contributed by atoms with Gasteiger partial charge in [0.05, 0.1) is 13.1 Å². The number of anilines is 1. The molecule has 0 radical (unpaired) electrons. The molecule has 2 aromatic heterocycles. The number of pyridine rings is 1. The zero-order valence-electron chi connectivity index (χ0n) is 15.8. The average molecular weight is 384 g/mol. The summed E-state index contributed by atoms with van der Waals surface area (Å²) in [5.41, 5.74) is 1.69. The quantitative estimate of drug-likeness (QED) is 0.497. The third-order valence-electron chi connectivity index (χ3n) is 4.59. The standard InChI is InChI=1S/C24H20N2O3/c27-23-13-7-8-16-25(23)18-21-14-15-22(29-21)24(28)26(20-11-5-2-6-12-20)17-19-9-3-1-4-10-19/h1-16H,17-18H2. The lowest BCUT2D eigenvalue weighted by Gasteiger charge is -2.22. The van der Waals surface area contributed by atoms with Crippen molar-refractivity contribution in [1.29, 1.82) is 0 Å². The fourth-order valence-electron chi connectivity index (χ4n) is 3.12. The van der Waals surface area contributed by atoms with Gasteiger partial charge in [-0.1, -0.05) is 54.6 Å². The second-order valence-corrected chi connectivity index (χ2v) is 6.65. The molecule has 0 aliphatic carbocycles. The third-order valence-corrected chi connectivity index (χ3v) is 4.59. The maximum atomic E-state index is 13.2. The monoisotopic (exact) mass is 384 g/mol. The minimum absolute atomic E-state index is 0.119. The molecule has 5 nitrogen and oxygen atoms in total. The lowest BCUT2D eigenvalue weighted by molar-refractivity contribution is 0.0956. The highest BCUT2D eigenvalue weighted by Crippen LogP contribution is 2.21. The highest BCUT2D eigenvalue weighted by molar-refractivity contribution is 6.04. The van der Waals surface area contributed by atoms with Gasteiger partial charge in [0, 0.05) is 18.0 Å². The van der Waals surface area contributed by atoms with Crippen LogP contribution in [0.1, 0.15) is 21.9 Å². The first-order chi connectivity index (χ1) is 14.2. The molecule has 1 amide bonds. The molecule has 0 spiro atoms. The summed E-state index contributed by atoms with van der Waals surface area (Å²) in [5, 5.41) is 0. The maximum Gasteiger partial charge on any atom is 0.294 e. The van der Waals surface area contributed by atoms with Gasteiger partial charge >= 0.3 is 0 Å². The van der Waals surface area contributed by atoms with E-state index in [1.807, 2.05) is 60.7 Å². The summed E-state index contributed by atoms with van der Waals surface area (Å²) in [5.74, 6) is 0.560. The van der Waals surface area contributed by atoms with Crippen LogP contribution in [0.3, 0.4) is 0 Å². The molecule has 144 valence electrons. The molecule has 0 aliphatic rings. The molecule has 0 bridgehead atoms. The summed E-state index contributed by atoms with van der Waals surface area (Å²) in [6.07, 6.45) is 1.69. The molecule has 2 aromatic carbocycles. The van der Waals surface area contributed by atoms with E-state index in [0.29, 0.717) is 12.3 Å². The van der Waals surface area contributed by atoms with Gasteiger partial charge in [-0.25, -0.2) is 0 Å². The van der Waals surface area contributed by atoms with E-state index in [4.69, 9.17) is 4.42 Å². The van der Waals surface area contributed by atoms with Crippen LogP contribution in [0.15, 0.2) is 106 Å². The number of hydrogen-bond donors (Lipinski definition) is 0. The van der Waals surface area contributed by atoms with Crippen molar-refractivity contribution >= 4 is 11.6 Å². The lowest BCUT2D eigenvalue weighted by atomic mass is 10.2. The highest BCUT2D eigenvalue weighted by Gasteiger charge is 2.21. The van der Waals surface area contributed by atoms with E-state index in [1.54, 1.807) is 35.4 Å². The Morgan fingerprint density at radius 3 is 2.24 bits per heavy atom. The lowest BCUT2D eigenvalue weighted by Crippen LogP contribution is -2.30. The first-order valence-corrected chi connectivity index (χ1v) is 9.36. The molecule has 0 N–H and O–H groups in total. The Labute approximate surface area is 168 Å². The molecule has 0 fully saturated rings. The Morgan fingerprint density at radius 1 is 0.828 bits per heavy atom. The van der Waals surface area contributed by atoms with E-state index >= 15 is 0 Å². The van der Waals surface area contributed by atoms with Crippen LogP contribution in [0.2, 0.25) is 0 Å². The topological polar surface area (TPSA) is 55.5 Å². The van der Waals surface area contributed by atoms with Gasteiger partial charge in [-0.2, -0.15) is 0 Å². The summed E-state index contributed by atoms with van der Waals surface area (Å²) >= 11 is 0. The van der Waals surface area contributed by atoms with E-state index in [2.05, 4.69) is 0 Å². The van der Waals surface area contributed by atoms with Crippen molar-refractivity contribution < 1.29 is 9.21 Å². The third kappa shape index (κ3) is 4.35. The van der Waals surface area contributed by atoms with Crippen LogP contribution in [0, 0.1) is 0 Å². The van der Waals surface area contributed by atoms with Crippen LogP contribution in [0.25, 0.3) is 0 Å². The first kappa shape index (κ1) is 18.5. The Kier molecular flexibility index (Phi) is 5.38. The fraction of sp³-hybridized carbons (Fsp3) is 0.0833. The minimum Gasteiger partial charge on any atom is -0.454 e. The number of amides is 1. The summed E-state index contributed by atoms with van der Waals surface area (Å²) in [7, 11) is 0. The number of para-hydroxylation sites is 1. The Morgan fingerprint density at radius 2 is 1.52 bits per heavy atom. The Hall–Kier alpha value is -3.86. The zero-order valence-corrected chi connectivity index (χ0v) is 15.8. The largest absolute Gasteiger partial charge is 0.454 e. The van der Waals surface area contributed by atoms with Crippen molar-refractivity contribution in [2.75, 3.05) is 4.90 Å². The molecule has 5 heteroatoms. The summed E-state index contributed by atoms with van der Waals surface area (Å²) in [6, 6.07) is 27.7. The molecular formula is C24H20N2O3. The second-order valence-electron chi connectivity index (χ2n) is 6.65. The first-order valence-electron chi connectivity index (χ1n) is 9.36. The minimum atomic E-state index is -0.230. The summed E-state index contributed by atoms with van der Waals surface area (Å²) in [4.78, 5) is 26.8. The predicted molar refractivity (Wildman–Crippen MR) is 112 cm³/mol. The number of benzene rings is 2. The number of aromatic nitrogens is 1. The molecule has 0 aliphatic heterocycles. The van der Waals surface area contributed by atoms with Gasteiger partial charge in [-0.05, 0) is 35.9 Å². The van der Waals surface area contributed by atoms with Gasteiger partial charge in [-0.3, -0.25) is 9.59 Å². The van der Waals surface area contributed by atoms with Gasteiger partial charge in [-0.15, -0.1) is 0 Å². The SMILES string of the molecule is O=C(c1ccc(Cn2ccccc2=O)o1)N(Cc1ccccc1)c1ccccc1. The predicted octanol–water partition coefficient (Wildman–Crippen LogP) is 4.34. The van der Waals surface area contributed by atoms with E-state index in [1.165, 1.54) is 10.6 Å². The van der Waals surface area contributed by atoms with E-state index in [9.17, 15) is 9.59 Å². The Balaban J connectivity index is 1.60. The normalized spacial score (nSPS) is 10.6. The van der Waals surface area contributed by atoms with Crippen LogP contribution in [-0.4, -0.2) is 10.5 Å². The average Bonchev–Trinajstić information content (AvgIpc) is 3.23. The van der Waals surface area contributed by atoms with Crippen LogP contribution < -0.4 is 10.5 Å². The van der Waals surface area contributed by atoms with Crippen molar-refractivity contribution in [2.24, 2.45) is 0 Å². The van der Waals surface area contributed by atoms with Crippen molar-refractivity contribution in [3.05, 3.63) is 125 Å². The number of furan rings is 1. The second kappa shape index (κ2) is 8.44. The van der Waals surface area contributed by atoms with Crippen molar-refractivity contribution in [3.8, 4) is 0 Å². The molecule has 4 rings (SSSR count). The van der Waals surface area contributed by atoms with E-state index < -0.39 is 0 Å². The van der Waals surface area contributed by atoms with E-state index in [-0.39, 0.29) is 23.8 Å². The molecule has 0 unspecified atom stereocenters. The van der Waals surface area contributed by atoms with Crippen molar-refractivity contribution in [3.63, 3.8) is 0 Å². The molecule has 0 saturated carbocycles. The van der Waals surface area contributed by atoms with Gasteiger partial charge in [0.15, 0.2) is 5.76 Å². The Bertz CT molecular complexity index is 1150. The summed E-state index contributed by atoms with van der Waals surface area (Å²) < 4.78 is 7.33. The molecule has 0 saturated heterocycles. The van der Waals surface area contributed by atoms with Gasteiger partial charge in [0.2, 0.25) is 0 Å². The number of hydrogen-bond acceptors (Lipinski definition) is 3. The number of nitrogens with zero attached hydrogens (tertiary/aromatic N) is 2.